The third-order valence-corrected chi connectivity index (χ3v) is 5.25. The summed E-state index contributed by atoms with van der Waals surface area (Å²) in [6.07, 6.45) is 0. The molecule has 0 spiro atoms. The molecule has 2 aromatic carbocycles. The molecule has 21 heavy (non-hydrogen) atoms. The first kappa shape index (κ1) is 14.2. The van der Waals surface area contributed by atoms with Crippen molar-refractivity contribution in [2.24, 2.45) is 0 Å². The van der Waals surface area contributed by atoms with Crippen LogP contribution in [-0.4, -0.2) is 21.6 Å². The molecule has 2 aromatic rings. The molecule has 0 saturated heterocycles. The van der Waals surface area contributed by atoms with Gasteiger partial charge in [-0.05, 0) is 34.1 Å². The summed E-state index contributed by atoms with van der Waals surface area (Å²) in [4.78, 5) is 0.107. The van der Waals surface area contributed by atoms with Crippen molar-refractivity contribution in [3.05, 3.63) is 46.9 Å². The van der Waals surface area contributed by atoms with Gasteiger partial charge < -0.3 is 9.47 Å². The van der Waals surface area contributed by atoms with Crippen molar-refractivity contribution in [1.29, 1.82) is 0 Å². The third-order valence-electron chi connectivity index (χ3n) is 2.91. The van der Waals surface area contributed by atoms with Crippen LogP contribution in [0.5, 0.6) is 11.5 Å². The van der Waals surface area contributed by atoms with Crippen molar-refractivity contribution in [3.63, 3.8) is 0 Å². The zero-order valence-corrected chi connectivity index (χ0v) is 13.3. The van der Waals surface area contributed by atoms with E-state index < -0.39 is 10.0 Å². The Morgan fingerprint density at radius 3 is 2.29 bits per heavy atom. The monoisotopic (exact) mass is 369 g/mol. The number of anilines is 1. The van der Waals surface area contributed by atoms with Crippen molar-refractivity contribution in [2.45, 2.75) is 4.90 Å². The van der Waals surface area contributed by atoms with Crippen LogP contribution in [0.4, 0.5) is 5.69 Å². The molecule has 7 heteroatoms. The summed E-state index contributed by atoms with van der Waals surface area (Å²) in [6.45, 7) is 0.855. The number of fused-ring (bicyclic) bond motifs is 1. The maximum absolute atomic E-state index is 12.5. The minimum absolute atomic E-state index is 0.107. The van der Waals surface area contributed by atoms with Crippen molar-refractivity contribution >= 4 is 31.6 Å². The fraction of sp³-hybridized carbons (Fsp3) is 0.143. The van der Waals surface area contributed by atoms with E-state index in [4.69, 9.17) is 9.47 Å². The van der Waals surface area contributed by atoms with Gasteiger partial charge in [-0.25, -0.2) is 8.42 Å². The molecule has 0 fully saturated rings. The molecule has 5 nitrogen and oxygen atoms in total. The van der Waals surface area contributed by atoms with Crippen LogP contribution in [-0.2, 0) is 10.0 Å². The molecule has 1 aliphatic heterocycles. The quantitative estimate of drug-likeness (QED) is 0.902. The van der Waals surface area contributed by atoms with Gasteiger partial charge in [0, 0.05) is 16.2 Å². The molecule has 0 bridgehead atoms. The maximum atomic E-state index is 12.5. The van der Waals surface area contributed by atoms with Gasteiger partial charge in [-0.3, -0.25) is 4.72 Å². The molecule has 0 atom stereocenters. The Labute approximate surface area is 131 Å². The molecule has 110 valence electrons. The molecule has 3 rings (SSSR count). The molecule has 0 amide bonds. The van der Waals surface area contributed by atoms with Crippen LogP contribution in [0.15, 0.2) is 51.8 Å². The average Bonchev–Trinajstić information content (AvgIpc) is 2.47. The lowest BCUT2D eigenvalue weighted by atomic mass is 10.3. The lowest BCUT2D eigenvalue weighted by Gasteiger charge is -2.20. The van der Waals surface area contributed by atoms with Crippen LogP contribution in [0.1, 0.15) is 0 Å². The zero-order chi connectivity index (χ0) is 14.9. The van der Waals surface area contributed by atoms with Crippen LogP contribution in [0.2, 0.25) is 0 Å². The molecule has 0 aliphatic carbocycles. The maximum Gasteiger partial charge on any atom is 0.263 e. The smallest absolute Gasteiger partial charge is 0.263 e. The van der Waals surface area contributed by atoms with Gasteiger partial charge >= 0.3 is 0 Å². The van der Waals surface area contributed by atoms with E-state index in [2.05, 4.69) is 20.7 Å². The fourth-order valence-electron chi connectivity index (χ4n) is 1.97. The number of ether oxygens (including phenoxy) is 2. The lowest BCUT2D eigenvalue weighted by molar-refractivity contribution is 0.171. The number of hydrogen-bond donors (Lipinski definition) is 1. The van der Waals surface area contributed by atoms with Gasteiger partial charge in [0.15, 0.2) is 11.5 Å². The highest BCUT2D eigenvalue weighted by molar-refractivity contribution is 9.10. The van der Waals surface area contributed by atoms with Crippen LogP contribution in [0.25, 0.3) is 0 Å². The molecule has 1 aliphatic rings. The van der Waals surface area contributed by atoms with Crippen LogP contribution in [0.3, 0.4) is 0 Å². The molecule has 1 N–H and O–H groups in total. The number of rotatable bonds is 3. The summed E-state index contributed by atoms with van der Waals surface area (Å²) in [6, 6.07) is 11.8. The molecule has 0 saturated carbocycles. The fourth-order valence-corrected chi connectivity index (χ4v) is 4.06. The van der Waals surface area contributed by atoms with Gasteiger partial charge in [-0.2, -0.15) is 0 Å². The predicted octanol–water partition coefficient (Wildman–Crippen LogP) is 3.02. The molecular weight excluding hydrogens is 358 g/mol. The van der Waals surface area contributed by atoms with Gasteiger partial charge in [0.2, 0.25) is 0 Å². The highest BCUT2D eigenvalue weighted by atomic mass is 79.9. The molecule has 0 aromatic heterocycles. The van der Waals surface area contributed by atoms with Gasteiger partial charge in [0.25, 0.3) is 10.0 Å². The highest BCUT2D eigenvalue weighted by Crippen LogP contribution is 2.37. The second-order valence-electron chi connectivity index (χ2n) is 4.40. The summed E-state index contributed by atoms with van der Waals surface area (Å²) in [7, 11) is -3.71. The van der Waals surface area contributed by atoms with Crippen LogP contribution in [0, 0.1) is 0 Å². The normalized spacial score (nSPS) is 13.8. The second-order valence-corrected chi connectivity index (χ2v) is 6.90. The summed E-state index contributed by atoms with van der Waals surface area (Å²) < 4.78 is 38.7. The van der Waals surface area contributed by atoms with E-state index in [-0.39, 0.29) is 4.90 Å². The topological polar surface area (TPSA) is 64.6 Å². The van der Waals surface area contributed by atoms with E-state index in [9.17, 15) is 8.42 Å². The van der Waals surface area contributed by atoms with E-state index in [1.807, 2.05) is 6.07 Å². The minimum atomic E-state index is -3.71. The first-order valence-electron chi connectivity index (χ1n) is 6.23. The van der Waals surface area contributed by atoms with Crippen molar-refractivity contribution in [3.8, 4) is 11.5 Å². The summed E-state index contributed by atoms with van der Waals surface area (Å²) in [5.74, 6) is 0.963. The van der Waals surface area contributed by atoms with Crippen molar-refractivity contribution in [1.82, 2.24) is 0 Å². The third kappa shape index (κ3) is 2.98. The van der Waals surface area contributed by atoms with Crippen LogP contribution >= 0.6 is 15.9 Å². The second kappa shape index (κ2) is 5.57. The SMILES string of the molecule is O=S(=O)(Nc1ccccc1)c1cc2c(cc1Br)OCCO2. The van der Waals surface area contributed by atoms with E-state index in [0.29, 0.717) is 34.9 Å². The van der Waals surface area contributed by atoms with E-state index in [0.717, 1.165) is 0 Å². The highest BCUT2D eigenvalue weighted by Gasteiger charge is 2.23. The Balaban J connectivity index is 1.99. The van der Waals surface area contributed by atoms with Gasteiger partial charge in [0.05, 0.1) is 0 Å². The molecular formula is C14H12BrNO4S. The average molecular weight is 370 g/mol. The summed E-state index contributed by atoms with van der Waals surface area (Å²) in [5, 5.41) is 0. The number of benzene rings is 2. The van der Waals surface area contributed by atoms with Crippen molar-refractivity contribution < 1.29 is 17.9 Å². The zero-order valence-electron chi connectivity index (χ0n) is 10.9. The summed E-state index contributed by atoms with van der Waals surface area (Å²) in [5.41, 5.74) is 0.499. The van der Waals surface area contributed by atoms with E-state index in [1.165, 1.54) is 6.07 Å². The number of para-hydroxylation sites is 1. The van der Waals surface area contributed by atoms with Gasteiger partial charge in [-0.15, -0.1) is 0 Å². The number of halogens is 1. The van der Waals surface area contributed by atoms with Gasteiger partial charge in [-0.1, -0.05) is 18.2 Å². The predicted molar refractivity (Wildman–Crippen MR) is 82.4 cm³/mol. The Morgan fingerprint density at radius 2 is 1.62 bits per heavy atom. The Hall–Kier alpha value is -1.73. The Bertz CT molecular complexity index is 762. The van der Waals surface area contributed by atoms with Gasteiger partial charge in [0.1, 0.15) is 18.1 Å². The number of hydrogen-bond acceptors (Lipinski definition) is 4. The first-order valence-corrected chi connectivity index (χ1v) is 8.51. The van der Waals surface area contributed by atoms with E-state index >= 15 is 0 Å². The largest absolute Gasteiger partial charge is 0.486 e. The molecule has 0 unspecified atom stereocenters. The standard InChI is InChI=1S/C14H12BrNO4S/c15-11-8-12-13(20-7-6-19-12)9-14(11)21(17,18)16-10-4-2-1-3-5-10/h1-5,8-9,16H,6-7H2. The molecule has 0 radical (unpaired) electrons. The number of nitrogens with one attached hydrogen (secondary N) is 1. The van der Waals surface area contributed by atoms with E-state index in [1.54, 1.807) is 30.3 Å². The Kier molecular flexibility index (Phi) is 3.77. The lowest BCUT2D eigenvalue weighted by Crippen LogP contribution is -2.18. The van der Waals surface area contributed by atoms with Crippen LogP contribution < -0.4 is 14.2 Å². The molecule has 1 heterocycles. The minimum Gasteiger partial charge on any atom is -0.486 e. The Morgan fingerprint density at radius 1 is 1.00 bits per heavy atom. The first-order chi connectivity index (χ1) is 10.1. The number of sulfonamides is 1. The van der Waals surface area contributed by atoms with Crippen molar-refractivity contribution in [2.75, 3.05) is 17.9 Å². The summed E-state index contributed by atoms with van der Waals surface area (Å²) >= 11 is 3.27.